The smallest absolute Gasteiger partial charge is 0.320 e. The fourth-order valence-corrected chi connectivity index (χ4v) is 2.05. The summed E-state index contributed by atoms with van der Waals surface area (Å²) in [5, 5.41) is 0. The van der Waals surface area contributed by atoms with Crippen LogP contribution < -0.4 is 0 Å². The second-order valence-corrected chi connectivity index (χ2v) is 4.65. The van der Waals surface area contributed by atoms with E-state index in [1.54, 1.807) is 13.8 Å². The molecular formula is C16H28O4. The Balaban J connectivity index is 5.07. The zero-order valence-electron chi connectivity index (χ0n) is 13.2. The average molecular weight is 284 g/mol. The summed E-state index contributed by atoms with van der Waals surface area (Å²) in [5.41, 5.74) is 0. The quantitative estimate of drug-likeness (QED) is 0.350. The van der Waals surface area contributed by atoms with E-state index in [0.29, 0.717) is 0 Å². The van der Waals surface area contributed by atoms with Gasteiger partial charge in [0.1, 0.15) is 0 Å². The predicted octanol–water partition coefficient (Wildman–Crippen LogP) is 3.50. The summed E-state index contributed by atoms with van der Waals surface area (Å²) in [6, 6.07) is 0. The second-order valence-electron chi connectivity index (χ2n) is 4.65. The molecule has 4 nitrogen and oxygen atoms in total. The molecule has 0 bridgehead atoms. The van der Waals surface area contributed by atoms with Crippen LogP contribution in [-0.4, -0.2) is 25.2 Å². The van der Waals surface area contributed by atoms with Crippen LogP contribution >= 0.6 is 0 Å². The summed E-state index contributed by atoms with van der Waals surface area (Å²) in [4.78, 5) is 24.1. The first-order valence-corrected chi connectivity index (χ1v) is 7.62. The average Bonchev–Trinajstić information content (AvgIpc) is 2.40. The van der Waals surface area contributed by atoms with Gasteiger partial charge in [-0.2, -0.15) is 0 Å². The molecule has 4 heteroatoms. The van der Waals surface area contributed by atoms with E-state index in [1.165, 1.54) is 0 Å². The third-order valence-electron chi connectivity index (χ3n) is 2.97. The minimum absolute atomic E-state index is 0.148. The molecule has 0 aromatic carbocycles. The lowest BCUT2D eigenvalue weighted by atomic mass is 9.87. The van der Waals surface area contributed by atoms with Crippen molar-refractivity contribution in [3.8, 4) is 0 Å². The molecule has 0 aliphatic heterocycles. The summed E-state index contributed by atoms with van der Waals surface area (Å²) in [6.45, 7) is 8.14. The lowest BCUT2D eigenvalue weighted by Crippen LogP contribution is -2.33. The normalized spacial score (nSPS) is 12.7. The molecule has 20 heavy (non-hydrogen) atoms. The molecule has 0 aliphatic carbocycles. The Kier molecular flexibility index (Phi) is 10.7. The van der Waals surface area contributed by atoms with Crippen LogP contribution in [0.1, 0.15) is 53.4 Å². The maximum atomic E-state index is 12.1. The molecule has 0 fully saturated rings. The first kappa shape index (κ1) is 18.7. The van der Waals surface area contributed by atoms with Crippen molar-refractivity contribution >= 4 is 11.9 Å². The third-order valence-corrected chi connectivity index (χ3v) is 2.97. The zero-order valence-corrected chi connectivity index (χ0v) is 13.2. The van der Waals surface area contributed by atoms with Crippen LogP contribution in [0.25, 0.3) is 0 Å². The molecule has 0 rings (SSSR count). The number of carbonyl (C=O) groups is 2. The number of unbranched alkanes of at least 4 members (excludes halogenated alkanes) is 1. The van der Waals surface area contributed by atoms with Crippen LogP contribution in [-0.2, 0) is 19.1 Å². The Morgan fingerprint density at radius 2 is 1.50 bits per heavy atom. The maximum absolute atomic E-state index is 12.1. The largest absolute Gasteiger partial charge is 0.465 e. The molecule has 0 aromatic rings. The minimum atomic E-state index is -0.844. The van der Waals surface area contributed by atoms with Gasteiger partial charge in [-0.15, -0.1) is 0 Å². The highest BCUT2D eigenvalue weighted by molar-refractivity contribution is 5.95. The van der Waals surface area contributed by atoms with Crippen molar-refractivity contribution in [2.75, 3.05) is 13.2 Å². The van der Waals surface area contributed by atoms with E-state index in [2.05, 4.69) is 6.92 Å². The topological polar surface area (TPSA) is 52.6 Å². The SMILES string of the molecule is CCC/C=C/C(CCC)C(C(=O)OCC)C(=O)OCC. The zero-order chi connectivity index (χ0) is 15.4. The van der Waals surface area contributed by atoms with Gasteiger partial charge in [-0.3, -0.25) is 9.59 Å². The van der Waals surface area contributed by atoms with Crippen molar-refractivity contribution in [2.24, 2.45) is 11.8 Å². The summed E-state index contributed by atoms with van der Waals surface area (Å²) in [5.74, 6) is -1.95. The number of hydrogen-bond acceptors (Lipinski definition) is 4. The van der Waals surface area contributed by atoms with E-state index in [4.69, 9.17) is 9.47 Å². The van der Waals surface area contributed by atoms with Crippen LogP contribution in [0.4, 0.5) is 0 Å². The number of ether oxygens (including phenoxy) is 2. The number of carbonyl (C=O) groups excluding carboxylic acids is 2. The van der Waals surface area contributed by atoms with Gasteiger partial charge in [-0.05, 0) is 26.7 Å². The number of hydrogen-bond donors (Lipinski definition) is 0. The van der Waals surface area contributed by atoms with Crippen LogP contribution in [0.15, 0.2) is 12.2 Å². The van der Waals surface area contributed by atoms with E-state index in [-0.39, 0.29) is 19.1 Å². The van der Waals surface area contributed by atoms with E-state index >= 15 is 0 Å². The van der Waals surface area contributed by atoms with E-state index in [1.807, 2.05) is 19.1 Å². The Morgan fingerprint density at radius 1 is 0.950 bits per heavy atom. The van der Waals surface area contributed by atoms with Gasteiger partial charge in [0.05, 0.1) is 13.2 Å². The number of rotatable bonds is 10. The molecule has 1 atom stereocenters. The molecule has 0 heterocycles. The van der Waals surface area contributed by atoms with Crippen LogP contribution in [0, 0.1) is 11.8 Å². The highest BCUT2D eigenvalue weighted by atomic mass is 16.6. The highest BCUT2D eigenvalue weighted by Gasteiger charge is 2.35. The van der Waals surface area contributed by atoms with Crippen LogP contribution in [0.5, 0.6) is 0 Å². The Morgan fingerprint density at radius 3 is 1.90 bits per heavy atom. The van der Waals surface area contributed by atoms with Crippen molar-refractivity contribution in [1.29, 1.82) is 0 Å². The molecule has 0 radical (unpaired) electrons. The lowest BCUT2D eigenvalue weighted by Gasteiger charge is -2.21. The van der Waals surface area contributed by atoms with Gasteiger partial charge in [0.15, 0.2) is 5.92 Å². The van der Waals surface area contributed by atoms with Crippen molar-refractivity contribution in [3.63, 3.8) is 0 Å². The maximum Gasteiger partial charge on any atom is 0.320 e. The van der Waals surface area contributed by atoms with Crippen molar-refractivity contribution in [1.82, 2.24) is 0 Å². The van der Waals surface area contributed by atoms with Gasteiger partial charge in [-0.25, -0.2) is 0 Å². The highest BCUT2D eigenvalue weighted by Crippen LogP contribution is 2.23. The van der Waals surface area contributed by atoms with Gasteiger partial charge >= 0.3 is 11.9 Å². The predicted molar refractivity (Wildman–Crippen MR) is 79.2 cm³/mol. The van der Waals surface area contributed by atoms with E-state index in [0.717, 1.165) is 25.7 Å². The number of allylic oxidation sites excluding steroid dienone is 2. The molecule has 0 spiro atoms. The standard InChI is InChI=1S/C16H28O4/c1-5-9-10-12-13(11-6-2)14(15(17)19-7-3)16(18)20-8-4/h10,12-14H,5-9,11H2,1-4H3/b12-10+. The Bertz CT molecular complexity index is 292. The molecular weight excluding hydrogens is 256 g/mol. The molecule has 116 valence electrons. The molecule has 1 unspecified atom stereocenters. The molecule has 0 amide bonds. The fourth-order valence-electron chi connectivity index (χ4n) is 2.05. The van der Waals surface area contributed by atoms with E-state index < -0.39 is 17.9 Å². The Hall–Kier alpha value is -1.32. The van der Waals surface area contributed by atoms with Gasteiger partial charge in [0.2, 0.25) is 0 Å². The number of esters is 2. The second kappa shape index (κ2) is 11.5. The van der Waals surface area contributed by atoms with Gasteiger partial charge in [0.25, 0.3) is 0 Å². The lowest BCUT2D eigenvalue weighted by molar-refractivity contribution is -0.163. The molecule has 0 aliphatic rings. The minimum Gasteiger partial charge on any atom is -0.465 e. The molecule has 0 aromatic heterocycles. The fraction of sp³-hybridized carbons (Fsp3) is 0.750. The first-order chi connectivity index (χ1) is 9.62. The van der Waals surface area contributed by atoms with Crippen molar-refractivity contribution in [3.05, 3.63) is 12.2 Å². The van der Waals surface area contributed by atoms with Gasteiger partial charge in [-0.1, -0.05) is 38.8 Å². The molecule has 0 N–H and O–H groups in total. The van der Waals surface area contributed by atoms with Crippen LogP contribution in [0.3, 0.4) is 0 Å². The Labute approximate surface area is 122 Å². The van der Waals surface area contributed by atoms with Crippen LogP contribution in [0.2, 0.25) is 0 Å². The van der Waals surface area contributed by atoms with Crippen molar-refractivity contribution in [2.45, 2.75) is 53.4 Å². The van der Waals surface area contributed by atoms with Gasteiger partial charge in [0, 0.05) is 5.92 Å². The summed E-state index contributed by atoms with van der Waals surface area (Å²) < 4.78 is 10.1. The molecule has 0 saturated heterocycles. The monoisotopic (exact) mass is 284 g/mol. The first-order valence-electron chi connectivity index (χ1n) is 7.62. The third kappa shape index (κ3) is 6.73. The van der Waals surface area contributed by atoms with Crippen molar-refractivity contribution < 1.29 is 19.1 Å². The summed E-state index contributed by atoms with van der Waals surface area (Å²) in [7, 11) is 0. The molecule has 0 saturated carbocycles. The van der Waals surface area contributed by atoms with Gasteiger partial charge < -0.3 is 9.47 Å². The summed E-state index contributed by atoms with van der Waals surface area (Å²) >= 11 is 0. The summed E-state index contributed by atoms with van der Waals surface area (Å²) in [6.07, 6.45) is 7.65. The van der Waals surface area contributed by atoms with E-state index in [9.17, 15) is 9.59 Å².